The molecule has 1 unspecified atom stereocenters. The van der Waals surface area contributed by atoms with Crippen molar-refractivity contribution in [2.24, 2.45) is 0 Å². The fourth-order valence-corrected chi connectivity index (χ4v) is 1.40. The Labute approximate surface area is 89.6 Å². The largest absolute Gasteiger partial charge is 0.262 e. The van der Waals surface area contributed by atoms with Gasteiger partial charge < -0.3 is 0 Å². The summed E-state index contributed by atoms with van der Waals surface area (Å²) in [5.74, 6) is 2.19. The smallest absolute Gasteiger partial charge is 0.181 e. The molecular formula is C12H15N3. The zero-order valence-corrected chi connectivity index (χ0v) is 9.07. The highest BCUT2D eigenvalue weighted by atomic mass is 15.2. The summed E-state index contributed by atoms with van der Waals surface area (Å²) in [4.78, 5) is 4.48. The summed E-state index contributed by atoms with van der Waals surface area (Å²) in [6.45, 7) is 4.30. The third-order valence-corrected chi connectivity index (χ3v) is 2.61. The first-order valence-electron chi connectivity index (χ1n) is 5.29. The van der Waals surface area contributed by atoms with Crippen LogP contribution in [0.1, 0.15) is 32.0 Å². The molecule has 15 heavy (non-hydrogen) atoms. The molecule has 0 aliphatic heterocycles. The minimum atomic E-state index is 0.440. The van der Waals surface area contributed by atoms with Crippen molar-refractivity contribution in [3.05, 3.63) is 36.2 Å². The fraction of sp³-hybridized carbons (Fsp3) is 0.333. The summed E-state index contributed by atoms with van der Waals surface area (Å²) >= 11 is 0. The standard InChI is InChI=1S/C12H15N3/c1-3-9(2)11-13-12(15-14-11)10-7-5-4-6-8-10/h4-9H,3H2,1-2H3,(H,13,14,15). The van der Waals surface area contributed by atoms with E-state index in [9.17, 15) is 0 Å². The number of H-pyrrole nitrogens is 1. The lowest BCUT2D eigenvalue weighted by Gasteiger charge is -2.01. The number of rotatable bonds is 3. The van der Waals surface area contributed by atoms with E-state index < -0.39 is 0 Å². The van der Waals surface area contributed by atoms with E-state index in [1.807, 2.05) is 30.3 Å². The van der Waals surface area contributed by atoms with Crippen molar-refractivity contribution in [3.8, 4) is 11.4 Å². The Morgan fingerprint density at radius 3 is 2.67 bits per heavy atom. The summed E-state index contributed by atoms with van der Waals surface area (Å²) in [7, 11) is 0. The van der Waals surface area contributed by atoms with E-state index in [2.05, 4.69) is 29.0 Å². The van der Waals surface area contributed by atoms with Gasteiger partial charge in [-0.2, -0.15) is 5.10 Å². The lowest BCUT2D eigenvalue weighted by Crippen LogP contribution is -1.93. The maximum absolute atomic E-state index is 4.48. The minimum Gasteiger partial charge on any atom is -0.262 e. The predicted molar refractivity (Wildman–Crippen MR) is 60.5 cm³/mol. The molecule has 1 aromatic heterocycles. The molecule has 1 heterocycles. The van der Waals surface area contributed by atoms with E-state index in [1.165, 1.54) is 0 Å². The average molecular weight is 201 g/mol. The molecule has 78 valence electrons. The molecule has 0 saturated heterocycles. The summed E-state index contributed by atoms with van der Waals surface area (Å²) in [6.07, 6.45) is 1.07. The van der Waals surface area contributed by atoms with Gasteiger partial charge >= 0.3 is 0 Å². The van der Waals surface area contributed by atoms with Gasteiger partial charge in [0, 0.05) is 11.5 Å². The Morgan fingerprint density at radius 1 is 1.27 bits per heavy atom. The molecule has 0 spiro atoms. The molecule has 0 amide bonds. The van der Waals surface area contributed by atoms with Crippen molar-refractivity contribution >= 4 is 0 Å². The molecule has 2 rings (SSSR count). The quantitative estimate of drug-likeness (QED) is 0.829. The highest BCUT2D eigenvalue weighted by Gasteiger charge is 2.09. The van der Waals surface area contributed by atoms with E-state index in [-0.39, 0.29) is 0 Å². The highest BCUT2D eigenvalue weighted by Crippen LogP contribution is 2.18. The molecule has 0 radical (unpaired) electrons. The van der Waals surface area contributed by atoms with Crippen LogP contribution in [0.3, 0.4) is 0 Å². The first-order chi connectivity index (χ1) is 7.31. The molecule has 0 bridgehead atoms. The molecule has 1 aromatic carbocycles. The van der Waals surface area contributed by atoms with Crippen LogP contribution in [0.25, 0.3) is 11.4 Å². The lowest BCUT2D eigenvalue weighted by atomic mass is 10.1. The number of aromatic amines is 1. The summed E-state index contributed by atoms with van der Waals surface area (Å²) < 4.78 is 0. The number of hydrogen-bond donors (Lipinski definition) is 1. The van der Waals surface area contributed by atoms with E-state index in [0.29, 0.717) is 5.92 Å². The minimum absolute atomic E-state index is 0.440. The molecule has 3 nitrogen and oxygen atoms in total. The molecule has 0 saturated carbocycles. The van der Waals surface area contributed by atoms with E-state index in [0.717, 1.165) is 23.6 Å². The van der Waals surface area contributed by atoms with Crippen LogP contribution >= 0.6 is 0 Å². The number of nitrogens with zero attached hydrogens (tertiary/aromatic N) is 2. The zero-order chi connectivity index (χ0) is 10.7. The Morgan fingerprint density at radius 2 is 2.00 bits per heavy atom. The van der Waals surface area contributed by atoms with Crippen LogP contribution in [0, 0.1) is 0 Å². The van der Waals surface area contributed by atoms with Crippen LogP contribution in [0.15, 0.2) is 30.3 Å². The normalized spacial score (nSPS) is 12.7. The fourth-order valence-electron chi connectivity index (χ4n) is 1.40. The van der Waals surface area contributed by atoms with Crippen molar-refractivity contribution in [2.75, 3.05) is 0 Å². The van der Waals surface area contributed by atoms with Crippen molar-refractivity contribution in [1.29, 1.82) is 0 Å². The molecule has 2 aromatic rings. The van der Waals surface area contributed by atoms with E-state index in [1.54, 1.807) is 0 Å². The Bertz CT molecular complexity index is 419. The van der Waals surface area contributed by atoms with Gasteiger partial charge in [-0.15, -0.1) is 0 Å². The molecule has 1 N–H and O–H groups in total. The van der Waals surface area contributed by atoms with E-state index >= 15 is 0 Å². The third kappa shape index (κ3) is 2.06. The van der Waals surface area contributed by atoms with Crippen molar-refractivity contribution in [1.82, 2.24) is 15.2 Å². The van der Waals surface area contributed by atoms with Gasteiger partial charge in [0.05, 0.1) is 0 Å². The summed E-state index contributed by atoms with van der Waals surface area (Å²) in [5.41, 5.74) is 1.06. The number of nitrogens with one attached hydrogen (secondary N) is 1. The summed E-state index contributed by atoms with van der Waals surface area (Å²) in [6, 6.07) is 10.0. The Balaban J connectivity index is 2.28. The van der Waals surface area contributed by atoms with Crippen LogP contribution < -0.4 is 0 Å². The molecule has 0 fully saturated rings. The molecule has 1 atom stereocenters. The van der Waals surface area contributed by atoms with Crippen molar-refractivity contribution < 1.29 is 0 Å². The number of benzene rings is 1. The molecule has 3 heteroatoms. The monoisotopic (exact) mass is 201 g/mol. The van der Waals surface area contributed by atoms with Gasteiger partial charge in [0.1, 0.15) is 5.82 Å². The lowest BCUT2D eigenvalue weighted by molar-refractivity contribution is 0.682. The second-order valence-corrected chi connectivity index (χ2v) is 3.72. The van der Waals surface area contributed by atoms with Crippen LogP contribution in [0.2, 0.25) is 0 Å². The van der Waals surface area contributed by atoms with Gasteiger partial charge in [-0.05, 0) is 6.42 Å². The first-order valence-corrected chi connectivity index (χ1v) is 5.29. The zero-order valence-electron chi connectivity index (χ0n) is 9.07. The second kappa shape index (κ2) is 4.26. The SMILES string of the molecule is CCC(C)c1nc(-c2ccccc2)n[nH]1. The van der Waals surface area contributed by atoms with Crippen molar-refractivity contribution in [3.63, 3.8) is 0 Å². The number of aromatic nitrogens is 3. The topological polar surface area (TPSA) is 41.6 Å². The first kappa shape index (κ1) is 9.90. The second-order valence-electron chi connectivity index (χ2n) is 3.72. The average Bonchev–Trinajstić information content (AvgIpc) is 2.78. The Hall–Kier alpha value is -1.64. The third-order valence-electron chi connectivity index (χ3n) is 2.61. The van der Waals surface area contributed by atoms with Crippen molar-refractivity contribution in [2.45, 2.75) is 26.2 Å². The highest BCUT2D eigenvalue weighted by molar-refractivity contribution is 5.53. The Kier molecular flexibility index (Phi) is 2.81. The van der Waals surface area contributed by atoms with Crippen LogP contribution in [0.4, 0.5) is 0 Å². The van der Waals surface area contributed by atoms with Gasteiger partial charge in [0.15, 0.2) is 5.82 Å². The van der Waals surface area contributed by atoms with Crippen LogP contribution in [-0.2, 0) is 0 Å². The predicted octanol–water partition coefficient (Wildman–Crippen LogP) is 2.99. The van der Waals surface area contributed by atoms with Gasteiger partial charge in [-0.3, -0.25) is 5.10 Å². The van der Waals surface area contributed by atoms with Gasteiger partial charge in [0.2, 0.25) is 0 Å². The molecule has 0 aliphatic carbocycles. The number of hydrogen-bond acceptors (Lipinski definition) is 2. The van der Waals surface area contributed by atoms with Gasteiger partial charge in [0.25, 0.3) is 0 Å². The van der Waals surface area contributed by atoms with Gasteiger partial charge in [-0.1, -0.05) is 44.2 Å². The van der Waals surface area contributed by atoms with Crippen LogP contribution in [0.5, 0.6) is 0 Å². The molecule has 0 aliphatic rings. The van der Waals surface area contributed by atoms with Gasteiger partial charge in [-0.25, -0.2) is 4.98 Å². The van der Waals surface area contributed by atoms with Crippen LogP contribution in [-0.4, -0.2) is 15.2 Å². The summed E-state index contributed by atoms with van der Waals surface area (Å²) in [5, 5.41) is 7.21. The van der Waals surface area contributed by atoms with E-state index in [4.69, 9.17) is 0 Å². The molecular weight excluding hydrogens is 186 g/mol. The maximum atomic E-state index is 4.48. The maximum Gasteiger partial charge on any atom is 0.181 e.